The van der Waals surface area contributed by atoms with Gasteiger partial charge in [-0.05, 0) is 99.9 Å². The molecule has 0 aliphatic carbocycles. The fourth-order valence-corrected chi connectivity index (χ4v) is 5.80. The summed E-state index contributed by atoms with van der Waals surface area (Å²) in [5.74, 6) is -0.0309. The molecule has 200 valence electrons. The average molecular weight is 538 g/mol. The van der Waals surface area contributed by atoms with Crippen molar-refractivity contribution in [3.05, 3.63) is 112 Å². The molecule has 2 aromatic heterocycles. The lowest BCUT2D eigenvalue weighted by atomic mass is 9.96. The molecule has 0 radical (unpaired) electrons. The standard InChI is InChI=1S/C32H35N5OS/c1-20-10-13-25(14-11-20)37-23(4)19-26(24(37)5)31-30(27-8-6-7-16-33-27)35-32(39)36(31)17-15-29(38)34-28-18-21(2)9-12-22(28)3/h6-14,16,18-19,30-31H,15,17H2,1-5H3,(H,34,38)(H,35,39)/t30-,31-/m0/s1. The van der Waals surface area contributed by atoms with E-state index in [1.165, 1.54) is 11.1 Å². The van der Waals surface area contributed by atoms with Crippen LogP contribution in [-0.4, -0.2) is 32.0 Å². The Morgan fingerprint density at radius 2 is 1.72 bits per heavy atom. The SMILES string of the molecule is Cc1ccc(-n2c(C)cc([C@H]3[C@H](c4ccccn4)NC(=S)N3CCC(=O)Nc3cc(C)ccc3C)c2C)cc1. The quantitative estimate of drug-likeness (QED) is 0.267. The molecule has 0 saturated carbocycles. The van der Waals surface area contributed by atoms with Gasteiger partial charge in [0.05, 0.1) is 17.8 Å². The van der Waals surface area contributed by atoms with Crippen molar-refractivity contribution >= 4 is 28.9 Å². The number of aryl methyl sites for hydroxylation is 4. The summed E-state index contributed by atoms with van der Waals surface area (Å²) in [4.78, 5) is 19.9. The monoisotopic (exact) mass is 537 g/mol. The Kier molecular flexibility index (Phi) is 7.53. The molecule has 0 unspecified atom stereocenters. The average Bonchev–Trinajstić information content (AvgIpc) is 3.40. The van der Waals surface area contributed by atoms with Crippen molar-refractivity contribution in [2.24, 2.45) is 0 Å². The zero-order chi connectivity index (χ0) is 27.7. The second-order valence-corrected chi connectivity index (χ2v) is 10.8. The number of nitrogens with one attached hydrogen (secondary N) is 2. The predicted molar refractivity (Wildman–Crippen MR) is 161 cm³/mol. The Bertz CT molecular complexity index is 1510. The summed E-state index contributed by atoms with van der Waals surface area (Å²) in [6.07, 6.45) is 2.13. The molecule has 7 heteroatoms. The molecule has 3 heterocycles. The van der Waals surface area contributed by atoms with E-state index in [1.54, 1.807) is 0 Å². The number of benzene rings is 2. The molecule has 0 spiro atoms. The number of nitrogens with zero attached hydrogens (tertiary/aromatic N) is 3. The number of hydrogen-bond donors (Lipinski definition) is 2. The first-order valence-electron chi connectivity index (χ1n) is 13.3. The van der Waals surface area contributed by atoms with Crippen LogP contribution in [0, 0.1) is 34.6 Å². The highest BCUT2D eigenvalue weighted by atomic mass is 32.1. The van der Waals surface area contributed by atoms with Crippen molar-refractivity contribution in [3.8, 4) is 5.69 Å². The molecule has 6 nitrogen and oxygen atoms in total. The van der Waals surface area contributed by atoms with Crippen LogP contribution in [0.1, 0.15) is 57.8 Å². The van der Waals surface area contributed by atoms with Crippen molar-refractivity contribution in [2.75, 3.05) is 11.9 Å². The summed E-state index contributed by atoms with van der Waals surface area (Å²) < 4.78 is 2.29. The van der Waals surface area contributed by atoms with Gasteiger partial charge in [0.25, 0.3) is 0 Å². The van der Waals surface area contributed by atoms with Crippen molar-refractivity contribution < 1.29 is 4.79 Å². The van der Waals surface area contributed by atoms with Gasteiger partial charge in [0, 0.05) is 41.9 Å². The van der Waals surface area contributed by atoms with Gasteiger partial charge in [-0.2, -0.15) is 0 Å². The summed E-state index contributed by atoms with van der Waals surface area (Å²) in [5.41, 5.74) is 9.77. The number of pyridine rings is 1. The summed E-state index contributed by atoms with van der Waals surface area (Å²) in [5, 5.41) is 7.24. The Labute approximate surface area is 236 Å². The lowest BCUT2D eigenvalue weighted by Gasteiger charge is -2.28. The predicted octanol–water partition coefficient (Wildman–Crippen LogP) is 6.42. The van der Waals surface area contributed by atoms with Crippen LogP contribution in [0.3, 0.4) is 0 Å². The molecule has 1 saturated heterocycles. The molecule has 4 aromatic rings. The maximum absolute atomic E-state index is 13.1. The van der Waals surface area contributed by atoms with E-state index in [-0.39, 0.29) is 18.0 Å². The summed E-state index contributed by atoms with van der Waals surface area (Å²) in [6, 6.07) is 22.6. The van der Waals surface area contributed by atoms with Crippen molar-refractivity contribution in [1.29, 1.82) is 0 Å². The van der Waals surface area contributed by atoms with Crippen LogP contribution in [-0.2, 0) is 4.79 Å². The second kappa shape index (κ2) is 11.0. The van der Waals surface area contributed by atoms with E-state index in [9.17, 15) is 4.79 Å². The first-order chi connectivity index (χ1) is 18.7. The van der Waals surface area contributed by atoms with Crippen LogP contribution < -0.4 is 10.6 Å². The Morgan fingerprint density at radius 3 is 2.44 bits per heavy atom. The van der Waals surface area contributed by atoms with Gasteiger partial charge in [-0.15, -0.1) is 0 Å². The molecular weight excluding hydrogens is 502 g/mol. The normalized spacial score (nSPS) is 16.8. The third-order valence-corrected chi connectivity index (χ3v) is 7.88. The van der Waals surface area contributed by atoms with E-state index in [0.29, 0.717) is 18.1 Å². The number of hydrogen-bond acceptors (Lipinski definition) is 3. The molecule has 1 fully saturated rings. The number of carbonyl (C=O) groups is 1. The lowest BCUT2D eigenvalue weighted by Crippen LogP contribution is -2.33. The summed E-state index contributed by atoms with van der Waals surface area (Å²) >= 11 is 5.85. The number of aromatic nitrogens is 2. The fourth-order valence-electron chi connectivity index (χ4n) is 5.47. The molecule has 5 rings (SSSR count). The van der Waals surface area contributed by atoms with E-state index in [4.69, 9.17) is 12.2 Å². The van der Waals surface area contributed by atoms with Gasteiger partial charge in [0.15, 0.2) is 5.11 Å². The third kappa shape index (κ3) is 5.45. The van der Waals surface area contributed by atoms with Gasteiger partial charge in [-0.3, -0.25) is 9.78 Å². The van der Waals surface area contributed by atoms with Gasteiger partial charge in [0.1, 0.15) is 0 Å². The van der Waals surface area contributed by atoms with E-state index in [0.717, 1.165) is 39.6 Å². The lowest BCUT2D eigenvalue weighted by molar-refractivity contribution is -0.116. The number of amides is 1. The minimum Gasteiger partial charge on any atom is -0.352 e. The molecule has 1 aliphatic rings. The highest BCUT2D eigenvalue weighted by molar-refractivity contribution is 7.80. The molecular formula is C32H35N5OS. The first-order valence-corrected chi connectivity index (χ1v) is 13.7. The van der Waals surface area contributed by atoms with Gasteiger partial charge in [0.2, 0.25) is 5.91 Å². The van der Waals surface area contributed by atoms with Gasteiger partial charge in [-0.1, -0.05) is 35.9 Å². The zero-order valence-electron chi connectivity index (χ0n) is 23.2. The number of carbonyl (C=O) groups excluding carboxylic acids is 1. The van der Waals surface area contributed by atoms with Gasteiger partial charge >= 0.3 is 0 Å². The fraction of sp³-hybridized carbons (Fsp3) is 0.281. The number of rotatable bonds is 7. The number of anilines is 1. The highest BCUT2D eigenvalue weighted by Gasteiger charge is 2.41. The Hall–Kier alpha value is -3.97. The first kappa shape index (κ1) is 26.6. The highest BCUT2D eigenvalue weighted by Crippen LogP contribution is 2.41. The molecule has 0 bridgehead atoms. The van der Waals surface area contributed by atoms with E-state index < -0.39 is 0 Å². The van der Waals surface area contributed by atoms with Crippen LogP contribution in [0.5, 0.6) is 0 Å². The van der Waals surface area contributed by atoms with Crippen LogP contribution >= 0.6 is 12.2 Å². The van der Waals surface area contributed by atoms with Crippen molar-refractivity contribution in [3.63, 3.8) is 0 Å². The minimum atomic E-state index is -0.132. The summed E-state index contributed by atoms with van der Waals surface area (Å²) in [7, 11) is 0. The Balaban J connectivity index is 1.46. The minimum absolute atomic E-state index is 0.0309. The smallest absolute Gasteiger partial charge is 0.226 e. The van der Waals surface area contributed by atoms with Crippen LogP contribution in [0.15, 0.2) is 72.9 Å². The second-order valence-electron chi connectivity index (χ2n) is 10.4. The number of thiocarbonyl (C=S) groups is 1. The molecule has 2 aromatic carbocycles. The van der Waals surface area contributed by atoms with Gasteiger partial charge < -0.3 is 20.1 Å². The van der Waals surface area contributed by atoms with Crippen LogP contribution in [0.4, 0.5) is 5.69 Å². The largest absolute Gasteiger partial charge is 0.352 e. The molecule has 39 heavy (non-hydrogen) atoms. The molecule has 2 N–H and O–H groups in total. The van der Waals surface area contributed by atoms with Crippen LogP contribution in [0.25, 0.3) is 5.69 Å². The maximum Gasteiger partial charge on any atom is 0.226 e. The van der Waals surface area contributed by atoms with Crippen molar-refractivity contribution in [2.45, 2.75) is 53.1 Å². The zero-order valence-corrected chi connectivity index (χ0v) is 24.0. The van der Waals surface area contributed by atoms with E-state index >= 15 is 0 Å². The maximum atomic E-state index is 13.1. The molecule has 2 atom stereocenters. The topological polar surface area (TPSA) is 62.2 Å². The van der Waals surface area contributed by atoms with E-state index in [2.05, 4.69) is 82.3 Å². The molecule has 1 amide bonds. The van der Waals surface area contributed by atoms with E-state index in [1.807, 2.05) is 50.4 Å². The Morgan fingerprint density at radius 1 is 0.974 bits per heavy atom. The van der Waals surface area contributed by atoms with Crippen LogP contribution in [0.2, 0.25) is 0 Å². The third-order valence-electron chi connectivity index (χ3n) is 7.53. The van der Waals surface area contributed by atoms with Crippen molar-refractivity contribution in [1.82, 2.24) is 19.8 Å². The summed E-state index contributed by atoms with van der Waals surface area (Å²) in [6.45, 7) is 10.9. The molecule has 1 aliphatic heterocycles. The van der Waals surface area contributed by atoms with Gasteiger partial charge in [-0.25, -0.2) is 0 Å².